The highest BCUT2D eigenvalue weighted by Gasteiger charge is 2.14. The SMILES string of the molecule is CC(CN(C)C)NC(=O)c1csc(C(C)N)n1. The van der Waals surface area contributed by atoms with Crippen LogP contribution >= 0.6 is 11.3 Å². The fraction of sp³-hybridized carbons (Fsp3) is 0.636. The van der Waals surface area contributed by atoms with Gasteiger partial charge in [-0.3, -0.25) is 4.79 Å². The summed E-state index contributed by atoms with van der Waals surface area (Å²) in [5.41, 5.74) is 6.16. The zero-order valence-corrected chi connectivity index (χ0v) is 11.5. The minimum Gasteiger partial charge on any atom is -0.347 e. The fourth-order valence-electron chi connectivity index (χ4n) is 1.49. The standard InChI is InChI=1S/C11H20N4OS/c1-7(5-15(3)4)13-10(16)9-6-17-11(14-9)8(2)12/h6-8H,5,12H2,1-4H3,(H,13,16). The summed E-state index contributed by atoms with van der Waals surface area (Å²) in [6.07, 6.45) is 0. The summed E-state index contributed by atoms with van der Waals surface area (Å²) in [5.74, 6) is -0.137. The summed E-state index contributed by atoms with van der Waals surface area (Å²) < 4.78 is 0. The molecular formula is C11H20N4OS. The van der Waals surface area contributed by atoms with Crippen molar-refractivity contribution in [3.63, 3.8) is 0 Å². The van der Waals surface area contributed by atoms with Gasteiger partial charge in [-0.25, -0.2) is 4.98 Å². The van der Waals surface area contributed by atoms with E-state index in [4.69, 9.17) is 5.73 Å². The summed E-state index contributed by atoms with van der Waals surface area (Å²) >= 11 is 1.42. The van der Waals surface area contributed by atoms with Crippen LogP contribution in [0.25, 0.3) is 0 Å². The first-order valence-corrected chi connectivity index (χ1v) is 6.44. The number of aromatic nitrogens is 1. The van der Waals surface area contributed by atoms with E-state index in [1.807, 2.05) is 32.8 Å². The van der Waals surface area contributed by atoms with Crippen molar-refractivity contribution < 1.29 is 4.79 Å². The predicted octanol–water partition coefficient (Wildman–Crippen LogP) is 0.843. The molecule has 5 nitrogen and oxygen atoms in total. The third kappa shape index (κ3) is 4.41. The van der Waals surface area contributed by atoms with Gasteiger partial charge < -0.3 is 16.0 Å². The molecule has 6 heteroatoms. The Labute approximate surface area is 106 Å². The second kappa shape index (κ2) is 6.09. The molecule has 2 atom stereocenters. The van der Waals surface area contributed by atoms with E-state index in [1.54, 1.807) is 5.38 Å². The molecule has 17 heavy (non-hydrogen) atoms. The molecule has 1 aromatic rings. The van der Waals surface area contributed by atoms with Crippen LogP contribution in [0.5, 0.6) is 0 Å². The quantitative estimate of drug-likeness (QED) is 0.819. The first kappa shape index (κ1) is 14.1. The van der Waals surface area contributed by atoms with Gasteiger partial charge in [0.25, 0.3) is 5.91 Å². The second-order valence-corrected chi connectivity index (χ2v) is 5.39. The van der Waals surface area contributed by atoms with Crippen molar-refractivity contribution in [1.82, 2.24) is 15.2 Å². The largest absolute Gasteiger partial charge is 0.347 e. The minimum absolute atomic E-state index is 0.0953. The van der Waals surface area contributed by atoms with Gasteiger partial charge in [0.15, 0.2) is 0 Å². The van der Waals surface area contributed by atoms with Crippen molar-refractivity contribution >= 4 is 17.2 Å². The molecule has 0 radical (unpaired) electrons. The maximum atomic E-state index is 11.8. The highest BCUT2D eigenvalue weighted by Crippen LogP contribution is 2.15. The van der Waals surface area contributed by atoms with E-state index in [2.05, 4.69) is 10.3 Å². The molecule has 3 N–H and O–H groups in total. The van der Waals surface area contributed by atoms with Gasteiger partial charge in [-0.05, 0) is 27.9 Å². The van der Waals surface area contributed by atoms with Crippen molar-refractivity contribution in [2.45, 2.75) is 25.9 Å². The molecule has 0 aromatic carbocycles. The second-order valence-electron chi connectivity index (χ2n) is 4.50. The minimum atomic E-state index is -0.137. The van der Waals surface area contributed by atoms with Crippen LogP contribution in [0.1, 0.15) is 35.4 Å². The smallest absolute Gasteiger partial charge is 0.271 e. The molecule has 0 fully saturated rings. The summed E-state index contributed by atoms with van der Waals surface area (Å²) in [5, 5.41) is 5.44. The lowest BCUT2D eigenvalue weighted by Crippen LogP contribution is -2.39. The van der Waals surface area contributed by atoms with Crippen LogP contribution in [0, 0.1) is 0 Å². The van der Waals surface area contributed by atoms with Crippen LogP contribution in [0.15, 0.2) is 5.38 Å². The molecule has 96 valence electrons. The van der Waals surface area contributed by atoms with Crippen LogP contribution in [-0.2, 0) is 0 Å². The molecule has 0 spiro atoms. The Balaban J connectivity index is 2.57. The molecule has 0 aliphatic heterocycles. The van der Waals surface area contributed by atoms with E-state index < -0.39 is 0 Å². The number of rotatable bonds is 5. The number of hydrogen-bond donors (Lipinski definition) is 2. The summed E-state index contributed by atoms with van der Waals surface area (Å²) in [6, 6.07) is -0.0290. The van der Waals surface area contributed by atoms with Gasteiger partial charge in [-0.2, -0.15) is 0 Å². The van der Waals surface area contributed by atoms with E-state index in [1.165, 1.54) is 11.3 Å². The van der Waals surface area contributed by atoms with Crippen molar-refractivity contribution in [3.05, 3.63) is 16.1 Å². The van der Waals surface area contributed by atoms with E-state index in [0.717, 1.165) is 11.6 Å². The number of nitrogens with zero attached hydrogens (tertiary/aromatic N) is 2. The molecule has 0 saturated carbocycles. The van der Waals surface area contributed by atoms with Crippen molar-refractivity contribution in [3.8, 4) is 0 Å². The highest BCUT2D eigenvalue weighted by atomic mass is 32.1. The Hall–Kier alpha value is -0.980. The normalized spacial score (nSPS) is 14.7. The van der Waals surface area contributed by atoms with Gasteiger partial charge in [-0.1, -0.05) is 0 Å². The Morgan fingerprint density at radius 1 is 1.59 bits per heavy atom. The van der Waals surface area contributed by atoms with Gasteiger partial charge in [0.1, 0.15) is 10.7 Å². The molecule has 1 heterocycles. The number of carbonyl (C=O) groups excluding carboxylic acids is 1. The van der Waals surface area contributed by atoms with Crippen LogP contribution < -0.4 is 11.1 Å². The maximum absolute atomic E-state index is 11.8. The van der Waals surface area contributed by atoms with Crippen LogP contribution in [0.4, 0.5) is 0 Å². The monoisotopic (exact) mass is 256 g/mol. The Morgan fingerprint density at radius 3 is 2.71 bits per heavy atom. The molecular weight excluding hydrogens is 236 g/mol. The average Bonchev–Trinajstić information content (AvgIpc) is 2.64. The number of likely N-dealkylation sites (N-methyl/N-ethyl adjacent to an activating group) is 1. The number of carbonyl (C=O) groups is 1. The average molecular weight is 256 g/mol. The van der Waals surface area contributed by atoms with E-state index >= 15 is 0 Å². The number of amides is 1. The molecule has 0 aliphatic rings. The molecule has 1 rings (SSSR count). The molecule has 0 aliphatic carbocycles. The zero-order chi connectivity index (χ0) is 13.0. The molecule has 1 aromatic heterocycles. The number of nitrogens with one attached hydrogen (secondary N) is 1. The van der Waals surface area contributed by atoms with Gasteiger partial charge in [0.2, 0.25) is 0 Å². The van der Waals surface area contributed by atoms with Crippen LogP contribution in [-0.4, -0.2) is 42.5 Å². The maximum Gasteiger partial charge on any atom is 0.271 e. The lowest BCUT2D eigenvalue weighted by atomic mass is 10.3. The predicted molar refractivity (Wildman–Crippen MR) is 70.2 cm³/mol. The van der Waals surface area contributed by atoms with Crippen molar-refractivity contribution in [1.29, 1.82) is 0 Å². The van der Waals surface area contributed by atoms with Gasteiger partial charge >= 0.3 is 0 Å². The molecule has 0 saturated heterocycles. The Kier molecular flexibility index (Phi) is 5.04. The van der Waals surface area contributed by atoms with E-state index in [9.17, 15) is 4.79 Å². The molecule has 2 unspecified atom stereocenters. The number of thiazole rings is 1. The summed E-state index contributed by atoms with van der Waals surface area (Å²) in [6.45, 7) is 4.63. The van der Waals surface area contributed by atoms with Gasteiger partial charge in [-0.15, -0.1) is 11.3 Å². The van der Waals surface area contributed by atoms with Crippen LogP contribution in [0.2, 0.25) is 0 Å². The van der Waals surface area contributed by atoms with E-state index in [0.29, 0.717) is 5.69 Å². The highest BCUT2D eigenvalue weighted by molar-refractivity contribution is 7.09. The zero-order valence-electron chi connectivity index (χ0n) is 10.7. The molecule has 1 amide bonds. The number of nitrogens with two attached hydrogens (primary N) is 1. The summed E-state index contributed by atoms with van der Waals surface area (Å²) in [4.78, 5) is 18.1. The number of hydrogen-bond acceptors (Lipinski definition) is 5. The summed E-state index contributed by atoms with van der Waals surface area (Å²) in [7, 11) is 3.94. The Bertz CT molecular complexity index is 375. The topological polar surface area (TPSA) is 71.2 Å². The lowest BCUT2D eigenvalue weighted by Gasteiger charge is -2.17. The van der Waals surface area contributed by atoms with Gasteiger partial charge in [0.05, 0.1) is 6.04 Å². The lowest BCUT2D eigenvalue weighted by molar-refractivity contribution is 0.0930. The van der Waals surface area contributed by atoms with E-state index in [-0.39, 0.29) is 18.0 Å². The van der Waals surface area contributed by atoms with Gasteiger partial charge in [0, 0.05) is 18.0 Å². The third-order valence-corrected chi connectivity index (χ3v) is 3.21. The fourth-order valence-corrected chi connectivity index (χ4v) is 2.25. The molecule has 0 bridgehead atoms. The first-order chi connectivity index (χ1) is 7.90. The van der Waals surface area contributed by atoms with Crippen LogP contribution in [0.3, 0.4) is 0 Å². The third-order valence-electron chi connectivity index (χ3n) is 2.16. The Morgan fingerprint density at radius 2 is 2.24 bits per heavy atom. The first-order valence-electron chi connectivity index (χ1n) is 5.56. The van der Waals surface area contributed by atoms with Crippen molar-refractivity contribution in [2.75, 3.05) is 20.6 Å². The van der Waals surface area contributed by atoms with Crippen molar-refractivity contribution in [2.24, 2.45) is 5.73 Å².